The second kappa shape index (κ2) is 10.8. The Morgan fingerprint density at radius 2 is 1.77 bits per heavy atom. The lowest BCUT2D eigenvalue weighted by Crippen LogP contribution is -2.48. The van der Waals surface area contributed by atoms with E-state index >= 15 is 0 Å². The molecule has 1 N–H and O–H groups in total. The summed E-state index contributed by atoms with van der Waals surface area (Å²) in [5.41, 5.74) is 2.13. The van der Waals surface area contributed by atoms with Crippen molar-refractivity contribution in [1.82, 2.24) is 10.2 Å². The summed E-state index contributed by atoms with van der Waals surface area (Å²) in [6.07, 6.45) is 4.62. The number of hydrogen-bond donors (Lipinski definition) is 1. The van der Waals surface area contributed by atoms with Crippen molar-refractivity contribution in [3.05, 3.63) is 53.1 Å². The van der Waals surface area contributed by atoms with E-state index in [0.29, 0.717) is 59.8 Å². The summed E-state index contributed by atoms with van der Waals surface area (Å²) in [7, 11) is 3.03. The first-order chi connectivity index (χ1) is 17.0. The minimum absolute atomic E-state index is 0.0162. The highest BCUT2D eigenvalue weighted by Crippen LogP contribution is 2.49. The van der Waals surface area contributed by atoms with E-state index in [9.17, 15) is 14.4 Å². The van der Waals surface area contributed by atoms with Gasteiger partial charge < -0.3 is 19.7 Å². The summed E-state index contributed by atoms with van der Waals surface area (Å²) >= 11 is 0. The molecule has 0 radical (unpaired) electrons. The molecule has 2 aliphatic heterocycles. The summed E-state index contributed by atoms with van der Waals surface area (Å²) in [4.78, 5) is 42.8. The molecule has 4 rings (SSSR count). The van der Waals surface area contributed by atoms with Gasteiger partial charge in [-0.15, -0.1) is 0 Å². The van der Waals surface area contributed by atoms with Crippen molar-refractivity contribution in [3.8, 4) is 11.5 Å². The number of ether oxygens (including phenoxy) is 2. The number of methoxy groups -OCH3 is 2. The standard InChI is InChI=1S/C27H33N3O5/c1-4-5-6-9-16-28-22(31)13-10-17-29-25-19-14-15-21(34-2)24(35-3)23(19)27(33)30(25)20-12-8-7-11-18(20)26(29)32/h7-8,11-12,14-15,25H,4-6,9-10,13,16-17H2,1-3H3,(H,28,31)/t25-/m1/s1. The molecule has 0 saturated carbocycles. The monoisotopic (exact) mass is 479 g/mol. The first kappa shape index (κ1) is 24.6. The number of para-hydroxylation sites is 1. The Bertz CT molecular complexity index is 1120. The van der Waals surface area contributed by atoms with E-state index in [1.165, 1.54) is 20.6 Å². The second-order valence-electron chi connectivity index (χ2n) is 8.84. The normalized spacial score (nSPS) is 16.0. The van der Waals surface area contributed by atoms with E-state index in [1.807, 2.05) is 12.1 Å². The van der Waals surface area contributed by atoms with Crippen LogP contribution in [0.15, 0.2) is 36.4 Å². The number of nitrogens with one attached hydrogen (secondary N) is 1. The van der Waals surface area contributed by atoms with Crippen molar-refractivity contribution in [3.63, 3.8) is 0 Å². The molecule has 3 amide bonds. The van der Waals surface area contributed by atoms with Gasteiger partial charge in [-0.2, -0.15) is 0 Å². The maximum Gasteiger partial charge on any atom is 0.264 e. The number of rotatable bonds is 11. The Morgan fingerprint density at radius 1 is 0.971 bits per heavy atom. The molecule has 0 fully saturated rings. The minimum atomic E-state index is -0.600. The predicted molar refractivity (Wildman–Crippen MR) is 133 cm³/mol. The molecule has 0 spiro atoms. The molecular formula is C27H33N3O5. The highest BCUT2D eigenvalue weighted by atomic mass is 16.5. The number of carbonyl (C=O) groups is 3. The Hall–Kier alpha value is -3.55. The Labute approximate surface area is 206 Å². The number of fused-ring (bicyclic) bond motifs is 5. The van der Waals surface area contributed by atoms with Crippen molar-refractivity contribution < 1.29 is 23.9 Å². The zero-order chi connectivity index (χ0) is 24.9. The highest BCUT2D eigenvalue weighted by Gasteiger charge is 2.49. The molecule has 2 aromatic carbocycles. The predicted octanol–water partition coefficient (Wildman–Crippen LogP) is 4.30. The van der Waals surface area contributed by atoms with Gasteiger partial charge in [0.05, 0.1) is 31.0 Å². The Kier molecular flexibility index (Phi) is 7.58. The summed E-state index contributed by atoms with van der Waals surface area (Å²) < 4.78 is 11.0. The average Bonchev–Trinajstić information content (AvgIpc) is 3.17. The van der Waals surface area contributed by atoms with E-state index < -0.39 is 6.17 Å². The molecule has 2 aliphatic rings. The number of carbonyl (C=O) groups excluding carboxylic acids is 3. The lowest BCUT2D eigenvalue weighted by Gasteiger charge is -2.41. The molecule has 0 bridgehead atoms. The maximum atomic E-state index is 13.7. The van der Waals surface area contributed by atoms with Gasteiger partial charge in [-0.3, -0.25) is 19.3 Å². The van der Waals surface area contributed by atoms with E-state index in [0.717, 1.165) is 19.3 Å². The molecule has 8 nitrogen and oxygen atoms in total. The average molecular weight is 480 g/mol. The van der Waals surface area contributed by atoms with Crippen LogP contribution in [0.4, 0.5) is 5.69 Å². The van der Waals surface area contributed by atoms with Gasteiger partial charge in [-0.25, -0.2) is 0 Å². The van der Waals surface area contributed by atoms with Crippen LogP contribution in [-0.2, 0) is 4.79 Å². The third-order valence-electron chi connectivity index (χ3n) is 6.64. The topological polar surface area (TPSA) is 88.2 Å². The second-order valence-corrected chi connectivity index (χ2v) is 8.84. The SMILES string of the molecule is CCCCCCNC(=O)CCCN1C(=O)c2ccccc2N2C(=O)c3c(ccc(OC)c3OC)[C@H]12. The molecule has 0 saturated heterocycles. The zero-order valence-corrected chi connectivity index (χ0v) is 20.6. The summed E-state index contributed by atoms with van der Waals surface area (Å²) in [6.45, 7) is 3.18. The van der Waals surface area contributed by atoms with Gasteiger partial charge in [0.2, 0.25) is 5.91 Å². The van der Waals surface area contributed by atoms with Crippen molar-refractivity contribution in [2.75, 3.05) is 32.2 Å². The number of benzene rings is 2. The van der Waals surface area contributed by atoms with Gasteiger partial charge in [0.15, 0.2) is 11.5 Å². The fourth-order valence-electron chi connectivity index (χ4n) is 4.93. The summed E-state index contributed by atoms with van der Waals surface area (Å²) in [5, 5.41) is 2.97. The number of nitrogens with zero attached hydrogens (tertiary/aromatic N) is 2. The minimum Gasteiger partial charge on any atom is -0.493 e. The van der Waals surface area contributed by atoms with Crippen LogP contribution in [0, 0.1) is 0 Å². The number of unbranched alkanes of at least 4 members (excludes halogenated alkanes) is 3. The van der Waals surface area contributed by atoms with Gasteiger partial charge in [-0.05, 0) is 31.0 Å². The molecule has 0 aliphatic carbocycles. The first-order valence-corrected chi connectivity index (χ1v) is 12.3. The van der Waals surface area contributed by atoms with Crippen LogP contribution in [-0.4, -0.2) is 49.9 Å². The van der Waals surface area contributed by atoms with Crippen LogP contribution in [0.2, 0.25) is 0 Å². The van der Waals surface area contributed by atoms with Gasteiger partial charge in [0.1, 0.15) is 6.17 Å². The van der Waals surface area contributed by atoms with Crippen molar-refractivity contribution in [2.24, 2.45) is 0 Å². The van der Waals surface area contributed by atoms with Crippen LogP contribution in [0.5, 0.6) is 11.5 Å². The van der Waals surface area contributed by atoms with Crippen molar-refractivity contribution >= 4 is 23.4 Å². The van der Waals surface area contributed by atoms with Gasteiger partial charge in [-0.1, -0.05) is 44.4 Å². The Balaban J connectivity index is 1.57. The van der Waals surface area contributed by atoms with Crippen LogP contribution in [0.3, 0.4) is 0 Å². The van der Waals surface area contributed by atoms with E-state index in [-0.39, 0.29) is 17.7 Å². The van der Waals surface area contributed by atoms with E-state index in [4.69, 9.17) is 9.47 Å². The molecule has 0 unspecified atom stereocenters. The molecule has 2 heterocycles. The summed E-state index contributed by atoms with van der Waals surface area (Å²) in [6, 6.07) is 10.7. The summed E-state index contributed by atoms with van der Waals surface area (Å²) in [5.74, 6) is 0.406. The molecule has 35 heavy (non-hydrogen) atoms. The molecule has 2 aromatic rings. The van der Waals surface area contributed by atoms with Gasteiger partial charge >= 0.3 is 0 Å². The third kappa shape index (κ3) is 4.57. The molecule has 1 atom stereocenters. The van der Waals surface area contributed by atoms with Crippen LogP contribution < -0.4 is 19.7 Å². The fourth-order valence-corrected chi connectivity index (χ4v) is 4.93. The highest BCUT2D eigenvalue weighted by molar-refractivity contribution is 6.18. The smallest absolute Gasteiger partial charge is 0.264 e. The number of hydrogen-bond acceptors (Lipinski definition) is 5. The molecule has 186 valence electrons. The first-order valence-electron chi connectivity index (χ1n) is 12.3. The van der Waals surface area contributed by atoms with E-state index in [2.05, 4.69) is 12.2 Å². The quantitative estimate of drug-likeness (QED) is 0.486. The molecular weight excluding hydrogens is 446 g/mol. The number of anilines is 1. The third-order valence-corrected chi connectivity index (χ3v) is 6.64. The van der Waals surface area contributed by atoms with Crippen molar-refractivity contribution in [2.45, 2.75) is 51.6 Å². The maximum absolute atomic E-state index is 13.7. The Morgan fingerprint density at radius 3 is 2.51 bits per heavy atom. The number of amides is 3. The van der Waals surface area contributed by atoms with E-state index in [1.54, 1.807) is 34.1 Å². The van der Waals surface area contributed by atoms with Crippen LogP contribution in [0.25, 0.3) is 0 Å². The molecule has 8 heteroatoms. The fraction of sp³-hybridized carbons (Fsp3) is 0.444. The zero-order valence-electron chi connectivity index (χ0n) is 20.6. The van der Waals surface area contributed by atoms with Gasteiger partial charge in [0.25, 0.3) is 11.8 Å². The van der Waals surface area contributed by atoms with Crippen LogP contribution in [0.1, 0.15) is 77.9 Å². The van der Waals surface area contributed by atoms with Crippen molar-refractivity contribution in [1.29, 1.82) is 0 Å². The largest absolute Gasteiger partial charge is 0.493 e. The van der Waals surface area contributed by atoms with Crippen LogP contribution >= 0.6 is 0 Å². The van der Waals surface area contributed by atoms with Gasteiger partial charge in [0, 0.05) is 25.1 Å². The lowest BCUT2D eigenvalue weighted by molar-refractivity contribution is -0.121. The lowest BCUT2D eigenvalue weighted by atomic mass is 10.0. The molecule has 0 aromatic heterocycles.